The van der Waals surface area contributed by atoms with Crippen molar-refractivity contribution in [2.24, 2.45) is 4.99 Å². The van der Waals surface area contributed by atoms with Crippen molar-refractivity contribution in [1.29, 1.82) is 0 Å². The maximum Gasteiger partial charge on any atom is 0.321 e. The van der Waals surface area contributed by atoms with Crippen LogP contribution >= 0.6 is 34.9 Å². The molecule has 0 unspecified atom stereocenters. The van der Waals surface area contributed by atoms with Crippen molar-refractivity contribution in [3.05, 3.63) is 32.4 Å². The van der Waals surface area contributed by atoms with E-state index >= 15 is 0 Å². The van der Waals surface area contributed by atoms with E-state index in [-0.39, 0.29) is 5.03 Å². The summed E-state index contributed by atoms with van der Waals surface area (Å²) in [5.41, 5.74) is 0.906. The lowest BCUT2D eigenvalue weighted by Crippen LogP contribution is -2.27. The summed E-state index contributed by atoms with van der Waals surface area (Å²) in [6, 6.07) is 0. The van der Waals surface area contributed by atoms with Gasteiger partial charge >= 0.3 is 11.0 Å². The Balaban J connectivity index is 2.71. The van der Waals surface area contributed by atoms with Gasteiger partial charge in [0.05, 0.1) is 17.0 Å². The lowest BCUT2D eigenvalue weighted by Gasteiger charge is -2.19. The molecule has 11 heteroatoms. The Hall–Kier alpha value is -1.59. The number of aliphatic carboxylic acids is 1. The second-order valence-electron chi connectivity index (χ2n) is 7.42. The van der Waals surface area contributed by atoms with Gasteiger partial charge in [-0.3, -0.25) is 14.9 Å². The highest BCUT2D eigenvalue weighted by Crippen LogP contribution is 2.34. The van der Waals surface area contributed by atoms with Gasteiger partial charge in [0.25, 0.3) is 0 Å². The van der Waals surface area contributed by atoms with Gasteiger partial charge in [-0.2, -0.15) is 0 Å². The number of carboxylic acids is 1. The zero-order valence-corrected chi connectivity index (χ0v) is 21.0. The smallest absolute Gasteiger partial charge is 0.321 e. The van der Waals surface area contributed by atoms with Gasteiger partial charge in [-0.15, -0.1) is 11.3 Å². The second kappa shape index (κ2) is 14.5. The Kier molecular flexibility index (Phi) is 12.8. The molecule has 0 saturated carbocycles. The van der Waals surface area contributed by atoms with Gasteiger partial charge in [-0.25, -0.2) is 9.98 Å². The van der Waals surface area contributed by atoms with E-state index in [1.165, 1.54) is 48.6 Å². The predicted octanol–water partition coefficient (Wildman–Crippen LogP) is 5.38. The number of aromatic nitrogens is 1. The minimum atomic E-state index is -0.926. The van der Waals surface area contributed by atoms with Gasteiger partial charge < -0.3 is 10.0 Å². The zero-order valence-electron chi connectivity index (χ0n) is 18.6. The highest BCUT2D eigenvalue weighted by molar-refractivity contribution is 8.03. The molecule has 0 amide bonds. The third-order valence-corrected chi connectivity index (χ3v) is 7.24. The molecule has 1 rings (SSSR count). The molecule has 31 heavy (non-hydrogen) atoms. The first-order valence-corrected chi connectivity index (χ1v) is 13.1. The molecule has 0 fully saturated rings. The maximum atomic E-state index is 11.3. The van der Waals surface area contributed by atoms with Crippen LogP contribution in [0.15, 0.2) is 25.9 Å². The quantitative estimate of drug-likeness (QED) is 0.0825. The molecule has 0 bridgehead atoms. The predicted molar refractivity (Wildman–Crippen MR) is 131 cm³/mol. The monoisotopic (exact) mass is 488 g/mol. The molecule has 0 saturated heterocycles. The summed E-state index contributed by atoms with van der Waals surface area (Å²) in [5, 5.41) is 22.2. The number of aliphatic imine (C=N–C) groups is 1. The average molecular weight is 489 g/mol. The summed E-state index contributed by atoms with van der Waals surface area (Å²) in [6.07, 6.45) is 11.1. The van der Waals surface area contributed by atoms with Crippen LogP contribution in [0.2, 0.25) is 0 Å². The molecule has 0 aromatic carbocycles. The average Bonchev–Trinajstić information content (AvgIpc) is 3.14. The third kappa shape index (κ3) is 11.0. The van der Waals surface area contributed by atoms with Crippen molar-refractivity contribution in [2.45, 2.75) is 68.4 Å². The molecule has 0 aliphatic carbocycles. The first-order chi connectivity index (χ1) is 14.7. The van der Waals surface area contributed by atoms with Crippen LogP contribution in [0, 0.1) is 10.1 Å². The number of rotatable bonds is 16. The Bertz CT molecular complexity index is 765. The van der Waals surface area contributed by atoms with Crippen LogP contribution in [0.1, 0.15) is 58.6 Å². The molecule has 1 aromatic heterocycles. The largest absolute Gasteiger partial charge is 0.480 e. The maximum absolute atomic E-state index is 11.3. The van der Waals surface area contributed by atoms with Gasteiger partial charge in [0, 0.05) is 24.9 Å². The number of nitrogens with zero attached hydrogens (tertiary/aromatic N) is 4. The van der Waals surface area contributed by atoms with Crippen LogP contribution in [0.5, 0.6) is 0 Å². The number of thiazole rings is 1. The van der Waals surface area contributed by atoms with Crippen molar-refractivity contribution in [3.8, 4) is 0 Å². The molecule has 1 N–H and O–H groups in total. The van der Waals surface area contributed by atoms with Gasteiger partial charge in [0.2, 0.25) is 0 Å². The summed E-state index contributed by atoms with van der Waals surface area (Å²) in [4.78, 5) is 32.6. The number of nitro groups is 1. The third-order valence-electron chi connectivity index (χ3n) is 4.40. The van der Waals surface area contributed by atoms with Crippen molar-refractivity contribution in [2.75, 3.05) is 19.3 Å². The molecule has 1 heterocycles. The van der Waals surface area contributed by atoms with Crippen LogP contribution in [-0.4, -0.2) is 56.3 Å². The van der Waals surface area contributed by atoms with E-state index in [4.69, 9.17) is 0 Å². The minimum Gasteiger partial charge on any atom is -0.480 e. The van der Waals surface area contributed by atoms with E-state index in [0.717, 1.165) is 41.2 Å². The Labute approximate surface area is 196 Å². The molecule has 0 atom stereocenters. The lowest BCUT2D eigenvalue weighted by atomic mass is 10.1. The molecule has 174 valence electrons. The molecule has 0 aliphatic rings. The van der Waals surface area contributed by atoms with Crippen LogP contribution < -0.4 is 0 Å². The number of carboxylic acid groups (broad SMARTS) is 1. The van der Waals surface area contributed by atoms with Gasteiger partial charge in [-0.05, 0) is 26.5 Å². The number of thioether (sulfide) groups is 2. The zero-order chi connectivity index (χ0) is 23.3. The second-order valence-corrected chi connectivity index (χ2v) is 11.0. The minimum absolute atomic E-state index is 0.00126. The fourth-order valence-corrected chi connectivity index (χ4v) is 5.02. The Morgan fingerprint density at radius 2 is 2.06 bits per heavy atom. The highest BCUT2D eigenvalue weighted by Gasteiger charge is 2.29. The summed E-state index contributed by atoms with van der Waals surface area (Å²) in [6.45, 7) is 7.03. The molecule has 1 aromatic rings. The highest BCUT2D eigenvalue weighted by atomic mass is 32.2. The van der Waals surface area contributed by atoms with Crippen LogP contribution in [0.4, 0.5) is 0 Å². The van der Waals surface area contributed by atoms with Crippen LogP contribution in [0.3, 0.4) is 0 Å². The summed E-state index contributed by atoms with van der Waals surface area (Å²) >= 11 is 3.75. The van der Waals surface area contributed by atoms with Gasteiger partial charge in [-0.1, -0.05) is 56.1 Å². The Morgan fingerprint density at radius 3 is 2.68 bits per heavy atom. The van der Waals surface area contributed by atoms with E-state index in [1.54, 1.807) is 26.4 Å². The first kappa shape index (κ1) is 27.4. The topological polar surface area (TPSA) is 109 Å². The Morgan fingerprint density at radius 1 is 1.35 bits per heavy atom. The summed E-state index contributed by atoms with van der Waals surface area (Å²) in [5.74, 6) is -0.868. The molecule has 0 aliphatic heterocycles. The number of unbranched alkanes of at least 4 members (excludes halogenated alkanes) is 4. The van der Waals surface area contributed by atoms with Crippen molar-refractivity contribution in [3.63, 3.8) is 0 Å². The van der Waals surface area contributed by atoms with E-state index in [2.05, 4.69) is 21.8 Å². The SMILES string of the molecule is CCCCCCCN(C=N/C=C(\SC)[N+](=O)[O-])CCc1csc(SC(C)(C)C(=O)O)n1. The number of carbonyl (C=O) groups is 1. The van der Waals surface area contributed by atoms with Crippen LogP contribution in [-0.2, 0) is 11.2 Å². The fourth-order valence-electron chi connectivity index (χ4n) is 2.48. The van der Waals surface area contributed by atoms with Gasteiger partial charge in [0.1, 0.15) is 10.9 Å². The van der Waals surface area contributed by atoms with E-state index in [9.17, 15) is 20.0 Å². The van der Waals surface area contributed by atoms with E-state index in [1.807, 2.05) is 5.38 Å². The van der Waals surface area contributed by atoms with Gasteiger partial charge in [0.15, 0.2) is 4.34 Å². The molecule has 8 nitrogen and oxygen atoms in total. The number of hydrogen-bond acceptors (Lipinski definition) is 8. The molecule has 0 spiro atoms. The molecule has 0 radical (unpaired) electrons. The summed E-state index contributed by atoms with van der Waals surface area (Å²) < 4.78 is -0.189. The molecular weight excluding hydrogens is 456 g/mol. The van der Waals surface area contributed by atoms with Crippen molar-refractivity contribution in [1.82, 2.24) is 9.88 Å². The van der Waals surface area contributed by atoms with Crippen molar-refractivity contribution < 1.29 is 14.8 Å². The number of hydrogen-bond donors (Lipinski definition) is 1. The first-order valence-electron chi connectivity index (χ1n) is 10.2. The standard InChI is InChI=1S/C20H32N4O4S3/c1-5-6-7-8-9-11-23(15-21-13-17(29-4)24(27)28)12-10-16-14-30-19(22-16)31-20(2,3)18(25)26/h13-15H,5-12H2,1-4H3,(H,25,26)/b17-13-,21-15?. The fraction of sp³-hybridized carbons (Fsp3) is 0.650. The van der Waals surface area contributed by atoms with E-state index < -0.39 is 15.6 Å². The summed E-state index contributed by atoms with van der Waals surface area (Å²) in [7, 11) is 0. The van der Waals surface area contributed by atoms with Crippen molar-refractivity contribution >= 4 is 47.2 Å². The van der Waals surface area contributed by atoms with Crippen LogP contribution in [0.25, 0.3) is 0 Å². The van der Waals surface area contributed by atoms with E-state index in [0.29, 0.717) is 13.0 Å². The lowest BCUT2D eigenvalue weighted by molar-refractivity contribution is -0.410. The molecular formula is C20H32N4O4S3. The normalized spacial score (nSPS) is 12.5.